The van der Waals surface area contributed by atoms with Gasteiger partial charge in [0.1, 0.15) is 5.70 Å². The van der Waals surface area contributed by atoms with E-state index in [0.717, 1.165) is 0 Å². The molecular formula is C10H16BF3N2O2. The number of nitrogens with two attached hydrogens (primary N) is 1. The Morgan fingerprint density at radius 3 is 1.83 bits per heavy atom. The SMILES string of the molecule is CC1(C)OB(/C(C=N)=C(/N)C(F)(F)F)OC1(C)C. The normalized spacial score (nSPS) is 23.8. The fourth-order valence-electron chi connectivity index (χ4n) is 1.41. The Kier molecular flexibility index (Phi) is 3.57. The molecule has 0 aliphatic carbocycles. The Hall–Kier alpha value is -1.02. The van der Waals surface area contributed by atoms with Crippen LogP contribution in [0.1, 0.15) is 27.7 Å². The summed E-state index contributed by atoms with van der Waals surface area (Å²) >= 11 is 0. The summed E-state index contributed by atoms with van der Waals surface area (Å²) in [7, 11) is -1.28. The Morgan fingerprint density at radius 1 is 1.17 bits per heavy atom. The van der Waals surface area contributed by atoms with Crippen LogP contribution < -0.4 is 5.73 Å². The Bertz CT molecular complexity index is 375. The molecule has 4 nitrogen and oxygen atoms in total. The van der Waals surface area contributed by atoms with Crippen LogP contribution in [0.25, 0.3) is 0 Å². The van der Waals surface area contributed by atoms with E-state index in [4.69, 9.17) is 20.5 Å². The van der Waals surface area contributed by atoms with Crippen molar-refractivity contribution in [2.24, 2.45) is 5.73 Å². The van der Waals surface area contributed by atoms with Crippen LogP contribution in [-0.2, 0) is 9.31 Å². The van der Waals surface area contributed by atoms with Gasteiger partial charge in [0.05, 0.1) is 11.2 Å². The molecule has 0 aromatic carbocycles. The average Bonchev–Trinajstić information content (AvgIpc) is 2.35. The minimum atomic E-state index is -4.71. The predicted octanol–water partition coefficient (Wildman–Crippen LogP) is 2.04. The minimum Gasteiger partial charge on any atom is -0.399 e. The predicted molar refractivity (Wildman–Crippen MR) is 62.1 cm³/mol. The van der Waals surface area contributed by atoms with Crippen molar-refractivity contribution in [1.82, 2.24) is 0 Å². The monoisotopic (exact) mass is 264 g/mol. The zero-order valence-electron chi connectivity index (χ0n) is 10.7. The topological polar surface area (TPSA) is 68.3 Å². The molecule has 0 bridgehead atoms. The molecule has 0 unspecified atom stereocenters. The third-order valence-electron chi connectivity index (χ3n) is 3.28. The third kappa shape index (κ3) is 2.54. The van der Waals surface area contributed by atoms with Gasteiger partial charge in [-0.2, -0.15) is 13.2 Å². The number of allylic oxidation sites excluding steroid dienone is 2. The molecule has 102 valence electrons. The van der Waals surface area contributed by atoms with Crippen LogP contribution in [0.5, 0.6) is 0 Å². The fourth-order valence-corrected chi connectivity index (χ4v) is 1.41. The maximum absolute atomic E-state index is 12.5. The summed E-state index contributed by atoms with van der Waals surface area (Å²) in [5.41, 5.74) is 1.57. The maximum atomic E-state index is 12.5. The van der Waals surface area contributed by atoms with E-state index in [9.17, 15) is 13.2 Å². The molecule has 18 heavy (non-hydrogen) atoms. The van der Waals surface area contributed by atoms with E-state index in [2.05, 4.69) is 0 Å². The van der Waals surface area contributed by atoms with Crippen LogP contribution in [0.15, 0.2) is 11.2 Å². The van der Waals surface area contributed by atoms with Gasteiger partial charge in [-0.1, -0.05) is 0 Å². The molecule has 0 amide bonds. The van der Waals surface area contributed by atoms with Crippen molar-refractivity contribution in [1.29, 1.82) is 5.41 Å². The molecule has 1 rings (SSSR count). The molecule has 1 aliphatic heterocycles. The second-order valence-electron chi connectivity index (χ2n) is 5.10. The standard InChI is InChI=1S/C10H16BF3N2O2/c1-8(2)9(3,4)18-11(17-8)6(5-15)7(16)10(12,13)14/h5,15H,16H2,1-4H3/b7-6+,15-5?. The van der Waals surface area contributed by atoms with Crippen molar-refractivity contribution in [2.45, 2.75) is 45.1 Å². The highest BCUT2D eigenvalue weighted by atomic mass is 19.4. The van der Waals surface area contributed by atoms with Gasteiger partial charge in [-0.25, -0.2) is 0 Å². The van der Waals surface area contributed by atoms with Crippen LogP contribution in [0.4, 0.5) is 13.2 Å². The molecule has 0 spiro atoms. The van der Waals surface area contributed by atoms with Crippen LogP contribution in [0.3, 0.4) is 0 Å². The van der Waals surface area contributed by atoms with Gasteiger partial charge < -0.3 is 20.5 Å². The fraction of sp³-hybridized carbons (Fsp3) is 0.700. The van der Waals surface area contributed by atoms with Crippen LogP contribution in [0, 0.1) is 5.41 Å². The summed E-state index contributed by atoms with van der Waals surface area (Å²) in [5, 5.41) is 7.07. The van der Waals surface area contributed by atoms with Gasteiger partial charge in [-0.05, 0) is 27.7 Å². The maximum Gasteiger partial charge on any atom is 0.498 e. The second kappa shape index (κ2) is 4.27. The van der Waals surface area contributed by atoms with Gasteiger partial charge in [-0.15, -0.1) is 0 Å². The number of alkyl halides is 3. The lowest BCUT2D eigenvalue weighted by Crippen LogP contribution is -2.41. The smallest absolute Gasteiger partial charge is 0.399 e. The summed E-state index contributed by atoms with van der Waals surface area (Å²) < 4.78 is 48.4. The van der Waals surface area contributed by atoms with Gasteiger partial charge in [0.25, 0.3) is 0 Å². The van der Waals surface area contributed by atoms with Crippen molar-refractivity contribution in [3.8, 4) is 0 Å². The number of halogens is 3. The first-order valence-electron chi connectivity index (χ1n) is 5.35. The van der Waals surface area contributed by atoms with Crippen LogP contribution in [-0.4, -0.2) is 30.7 Å². The summed E-state index contributed by atoms with van der Waals surface area (Å²) in [6.07, 6.45) is -4.19. The first kappa shape index (κ1) is 15.0. The number of nitrogens with one attached hydrogen (secondary N) is 1. The molecule has 1 aliphatic rings. The first-order valence-corrected chi connectivity index (χ1v) is 5.35. The summed E-state index contributed by atoms with van der Waals surface area (Å²) in [4.78, 5) is 0. The molecule has 0 atom stereocenters. The van der Waals surface area contributed by atoms with Gasteiger partial charge in [0.15, 0.2) is 0 Å². The van der Waals surface area contributed by atoms with Crippen molar-refractivity contribution >= 4 is 13.3 Å². The first-order chi connectivity index (χ1) is 7.92. The van der Waals surface area contributed by atoms with E-state index in [1.807, 2.05) is 0 Å². The minimum absolute atomic E-state index is 0.513. The Balaban J connectivity index is 3.13. The Labute approximate surface area is 104 Å². The van der Waals surface area contributed by atoms with E-state index >= 15 is 0 Å². The largest absolute Gasteiger partial charge is 0.498 e. The molecule has 1 fully saturated rings. The van der Waals surface area contributed by atoms with Gasteiger partial charge >= 0.3 is 13.3 Å². The molecule has 1 heterocycles. The second-order valence-corrected chi connectivity index (χ2v) is 5.10. The van der Waals surface area contributed by atoms with Gasteiger partial charge in [0, 0.05) is 11.7 Å². The van der Waals surface area contributed by atoms with Crippen molar-refractivity contribution < 1.29 is 22.5 Å². The average molecular weight is 264 g/mol. The van der Waals surface area contributed by atoms with Gasteiger partial charge in [-0.3, -0.25) is 0 Å². The van der Waals surface area contributed by atoms with E-state index < -0.39 is 35.7 Å². The highest BCUT2D eigenvalue weighted by Gasteiger charge is 2.53. The number of rotatable bonds is 2. The molecule has 1 saturated heterocycles. The molecule has 0 radical (unpaired) electrons. The molecule has 0 aromatic rings. The van der Waals surface area contributed by atoms with E-state index in [1.54, 1.807) is 27.7 Å². The van der Waals surface area contributed by atoms with E-state index in [0.29, 0.717) is 6.21 Å². The van der Waals surface area contributed by atoms with E-state index in [1.165, 1.54) is 0 Å². The lowest BCUT2D eigenvalue weighted by Gasteiger charge is -2.32. The molecule has 3 N–H and O–H groups in total. The van der Waals surface area contributed by atoms with Crippen LogP contribution >= 0.6 is 0 Å². The summed E-state index contributed by atoms with van der Waals surface area (Å²) in [6.45, 7) is 6.83. The molecular weight excluding hydrogens is 248 g/mol. The summed E-state index contributed by atoms with van der Waals surface area (Å²) in [6, 6.07) is 0. The molecule has 8 heteroatoms. The third-order valence-corrected chi connectivity index (χ3v) is 3.28. The lowest BCUT2D eigenvalue weighted by atomic mass is 9.77. The van der Waals surface area contributed by atoms with Crippen molar-refractivity contribution in [3.63, 3.8) is 0 Å². The van der Waals surface area contributed by atoms with Crippen molar-refractivity contribution in [2.75, 3.05) is 0 Å². The van der Waals surface area contributed by atoms with Gasteiger partial charge in [0.2, 0.25) is 0 Å². The lowest BCUT2D eigenvalue weighted by molar-refractivity contribution is -0.0929. The molecule has 0 saturated carbocycles. The summed E-state index contributed by atoms with van der Waals surface area (Å²) in [5.74, 6) is 0. The zero-order chi connectivity index (χ0) is 14.4. The van der Waals surface area contributed by atoms with Crippen molar-refractivity contribution in [3.05, 3.63) is 11.2 Å². The van der Waals surface area contributed by atoms with Crippen LogP contribution in [0.2, 0.25) is 0 Å². The Morgan fingerprint density at radius 2 is 1.56 bits per heavy atom. The highest BCUT2D eigenvalue weighted by Crippen LogP contribution is 2.39. The highest BCUT2D eigenvalue weighted by molar-refractivity contribution is 6.60. The molecule has 0 aromatic heterocycles. The van der Waals surface area contributed by atoms with E-state index in [-0.39, 0.29) is 0 Å². The quantitative estimate of drug-likeness (QED) is 0.592. The number of hydrogen-bond acceptors (Lipinski definition) is 4. The zero-order valence-corrected chi connectivity index (χ0v) is 10.7. The number of hydrogen-bond donors (Lipinski definition) is 2.